The van der Waals surface area contributed by atoms with Crippen LogP contribution < -0.4 is 24.4 Å². The number of ether oxygens (including phenoxy) is 5. The number of rotatable bonds is 7. The number of hydrogen-bond donors (Lipinski definition) is 5. The molecule has 5 N–H and O–H groups in total. The standard InChI is InChI=1S/C24H26O12/c1-31-16-4-10(5-17(32-2)23(16)33-3)14-8-13(27)19-12(26)6-11(7-15(19)35-14)34-24-22(30)21(29)20(28)18(9-25)36-24/h4-8,18,20-22,24-26,28-30H,9H2,1-3H3/t18-,20-,21+,22-,24-/m1/s1. The lowest BCUT2D eigenvalue weighted by atomic mass is 9.99. The van der Waals surface area contributed by atoms with Crippen molar-refractivity contribution in [2.45, 2.75) is 30.7 Å². The zero-order valence-corrected chi connectivity index (χ0v) is 19.6. The van der Waals surface area contributed by atoms with Crippen LogP contribution in [0.3, 0.4) is 0 Å². The van der Waals surface area contributed by atoms with Gasteiger partial charge in [-0.3, -0.25) is 4.79 Å². The Morgan fingerprint density at radius 2 is 1.56 bits per heavy atom. The van der Waals surface area contributed by atoms with E-state index in [0.29, 0.717) is 22.8 Å². The third kappa shape index (κ3) is 4.52. The molecule has 0 amide bonds. The number of fused-ring (bicyclic) bond motifs is 1. The highest BCUT2D eigenvalue weighted by atomic mass is 16.7. The Balaban J connectivity index is 1.76. The molecule has 3 aromatic rings. The summed E-state index contributed by atoms with van der Waals surface area (Å²) >= 11 is 0. The minimum atomic E-state index is -1.67. The number of benzene rings is 2. The van der Waals surface area contributed by atoms with Gasteiger partial charge in [-0.15, -0.1) is 0 Å². The van der Waals surface area contributed by atoms with E-state index in [2.05, 4.69) is 0 Å². The van der Waals surface area contributed by atoms with Crippen LogP contribution in [0.25, 0.3) is 22.3 Å². The second-order valence-electron chi connectivity index (χ2n) is 8.02. The van der Waals surface area contributed by atoms with E-state index in [-0.39, 0.29) is 22.5 Å². The molecule has 2 aromatic carbocycles. The summed E-state index contributed by atoms with van der Waals surface area (Å²) in [5.41, 5.74) is -0.175. The Kier molecular flexibility index (Phi) is 7.24. The Morgan fingerprint density at radius 3 is 2.14 bits per heavy atom. The molecule has 2 heterocycles. The second kappa shape index (κ2) is 10.2. The molecular formula is C24H26O12. The van der Waals surface area contributed by atoms with E-state index in [9.17, 15) is 30.3 Å². The van der Waals surface area contributed by atoms with Gasteiger partial charge in [-0.1, -0.05) is 0 Å². The van der Waals surface area contributed by atoms with Gasteiger partial charge in [0, 0.05) is 23.8 Å². The minimum absolute atomic E-state index is 0.0501. The van der Waals surface area contributed by atoms with Crippen LogP contribution in [0.5, 0.6) is 28.7 Å². The topological polar surface area (TPSA) is 178 Å². The van der Waals surface area contributed by atoms with Crippen molar-refractivity contribution in [3.05, 3.63) is 40.6 Å². The van der Waals surface area contributed by atoms with Crippen LogP contribution in [-0.4, -0.2) is 84.2 Å². The third-order valence-corrected chi connectivity index (χ3v) is 5.83. The van der Waals surface area contributed by atoms with E-state index in [0.717, 1.165) is 6.07 Å². The average Bonchev–Trinajstić information content (AvgIpc) is 2.87. The van der Waals surface area contributed by atoms with Crippen molar-refractivity contribution in [2.75, 3.05) is 27.9 Å². The maximum atomic E-state index is 12.8. The monoisotopic (exact) mass is 506 g/mol. The lowest BCUT2D eigenvalue weighted by Crippen LogP contribution is -2.60. The van der Waals surface area contributed by atoms with Gasteiger partial charge >= 0.3 is 0 Å². The van der Waals surface area contributed by atoms with Gasteiger partial charge in [0.05, 0.1) is 27.9 Å². The van der Waals surface area contributed by atoms with E-state index in [1.165, 1.54) is 33.5 Å². The van der Waals surface area contributed by atoms with Crippen molar-refractivity contribution in [2.24, 2.45) is 0 Å². The van der Waals surface area contributed by atoms with Crippen LogP contribution >= 0.6 is 0 Å². The molecule has 4 rings (SSSR count). The molecule has 0 spiro atoms. The maximum Gasteiger partial charge on any atom is 0.229 e. The summed E-state index contributed by atoms with van der Waals surface area (Å²) in [6.45, 7) is -0.638. The van der Waals surface area contributed by atoms with Crippen LogP contribution in [0, 0.1) is 0 Å². The van der Waals surface area contributed by atoms with Gasteiger partial charge in [0.2, 0.25) is 12.0 Å². The summed E-state index contributed by atoms with van der Waals surface area (Å²) < 4.78 is 32.8. The van der Waals surface area contributed by atoms with E-state index in [4.69, 9.17) is 28.1 Å². The molecule has 1 aliphatic heterocycles. The average molecular weight is 506 g/mol. The van der Waals surface area contributed by atoms with Crippen LogP contribution in [0.15, 0.2) is 39.5 Å². The highest BCUT2D eigenvalue weighted by Gasteiger charge is 2.44. The van der Waals surface area contributed by atoms with Gasteiger partial charge in [0.25, 0.3) is 0 Å². The minimum Gasteiger partial charge on any atom is -0.507 e. The van der Waals surface area contributed by atoms with Gasteiger partial charge in [0.15, 0.2) is 16.9 Å². The quantitative estimate of drug-likeness (QED) is 0.298. The summed E-state index contributed by atoms with van der Waals surface area (Å²) in [5.74, 6) is 0.594. The Hall–Kier alpha value is -3.55. The predicted molar refractivity (Wildman–Crippen MR) is 124 cm³/mol. The second-order valence-corrected chi connectivity index (χ2v) is 8.02. The first-order valence-electron chi connectivity index (χ1n) is 10.8. The smallest absolute Gasteiger partial charge is 0.229 e. The van der Waals surface area contributed by atoms with Crippen molar-refractivity contribution in [1.29, 1.82) is 0 Å². The first-order valence-corrected chi connectivity index (χ1v) is 10.8. The summed E-state index contributed by atoms with van der Waals surface area (Å²) in [4.78, 5) is 12.8. The highest BCUT2D eigenvalue weighted by molar-refractivity contribution is 5.86. The van der Waals surface area contributed by atoms with Crippen molar-refractivity contribution in [3.8, 4) is 40.1 Å². The fourth-order valence-corrected chi connectivity index (χ4v) is 3.98. The lowest BCUT2D eigenvalue weighted by molar-refractivity contribution is -0.277. The number of hydrogen-bond acceptors (Lipinski definition) is 12. The van der Waals surface area contributed by atoms with E-state index in [1.807, 2.05) is 0 Å². The molecule has 5 atom stereocenters. The lowest BCUT2D eigenvalue weighted by Gasteiger charge is -2.39. The van der Waals surface area contributed by atoms with Gasteiger partial charge in [-0.2, -0.15) is 0 Å². The molecule has 0 unspecified atom stereocenters. The molecule has 1 aliphatic rings. The molecular weight excluding hydrogens is 480 g/mol. The molecule has 0 saturated carbocycles. The first kappa shape index (κ1) is 25.5. The molecule has 12 heteroatoms. The Labute approximate surface area is 204 Å². The number of phenolic OH excluding ortho intramolecular Hbond substituents is 1. The van der Waals surface area contributed by atoms with Crippen LogP contribution in [0.4, 0.5) is 0 Å². The van der Waals surface area contributed by atoms with Gasteiger partial charge in [0.1, 0.15) is 52.6 Å². The molecule has 36 heavy (non-hydrogen) atoms. The highest BCUT2D eigenvalue weighted by Crippen LogP contribution is 2.42. The molecule has 0 bridgehead atoms. The van der Waals surface area contributed by atoms with Gasteiger partial charge < -0.3 is 53.6 Å². The number of phenols is 1. The molecule has 0 aliphatic carbocycles. The maximum absolute atomic E-state index is 12.8. The number of aliphatic hydroxyl groups is 4. The SMILES string of the molecule is COc1cc(-c2cc(=O)c3c(O)cc(O[C@@H]4O[C@H](CO)[C@@H](O)[C@H](O)[C@H]4O)cc3o2)cc(OC)c1OC. The van der Waals surface area contributed by atoms with Crippen LogP contribution in [0.1, 0.15) is 0 Å². The molecule has 0 radical (unpaired) electrons. The summed E-state index contributed by atoms with van der Waals surface area (Å²) in [7, 11) is 4.34. The van der Waals surface area contributed by atoms with Crippen molar-refractivity contribution >= 4 is 11.0 Å². The molecule has 1 aromatic heterocycles. The predicted octanol–water partition coefficient (Wildman–Crippen LogP) is 0.370. The zero-order valence-electron chi connectivity index (χ0n) is 19.6. The Morgan fingerprint density at radius 1 is 0.889 bits per heavy atom. The van der Waals surface area contributed by atoms with E-state index in [1.54, 1.807) is 12.1 Å². The van der Waals surface area contributed by atoms with Crippen LogP contribution in [-0.2, 0) is 4.74 Å². The van der Waals surface area contributed by atoms with Crippen molar-refractivity contribution in [3.63, 3.8) is 0 Å². The summed E-state index contributed by atoms with van der Waals surface area (Å²) in [6.07, 6.45) is -7.57. The van der Waals surface area contributed by atoms with E-state index >= 15 is 0 Å². The number of aromatic hydroxyl groups is 1. The fraction of sp³-hybridized carbons (Fsp3) is 0.375. The summed E-state index contributed by atoms with van der Waals surface area (Å²) in [5, 5.41) is 49.9. The van der Waals surface area contributed by atoms with Crippen LogP contribution in [0.2, 0.25) is 0 Å². The zero-order chi connectivity index (χ0) is 26.1. The Bertz CT molecular complexity index is 1280. The van der Waals surface area contributed by atoms with Crippen molar-refractivity contribution < 1.29 is 53.6 Å². The molecule has 1 fully saturated rings. The third-order valence-electron chi connectivity index (χ3n) is 5.83. The van der Waals surface area contributed by atoms with Gasteiger partial charge in [-0.05, 0) is 12.1 Å². The van der Waals surface area contributed by atoms with Crippen molar-refractivity contribution in [1.82, 2.24) is 0 Å². The fourth-order valence-electron chi connectivity index (χ4n) is 3.98. The number of methoxy groups -OCH3 is 3. The number of aliphatic hydroxyl groups excluding tert-OH is 4. The summed E-state index contributed by atoms with van der Waals surface area (Å²) in [6, 6.07) is 6.76. The first-order chi connectivity index (χ1) is 17.2. The molecule has 12 nitrogen and oxygen atoms in total. The van der Waals surface area contributed by atoms with Gasteiger partial charge in [-0.25, -0.2) is 0 Å². The van der Waals surface area contributed by atoms with E-state index < -0.39 is 48.5 Å². The molecule has 194 valence electrons. The largest absolute Gasteiger partial charge is 0.507 e. The normalized spacial score (nSPS) is 23.9. The molecule has 1 saturated heterocycles.